The summed E-state index contributed by atoms with van der Waals surface area (Å²) in [7, 11) is 0. The van der Waals surface area contributed by atoms with Gasteiger partial charge in [0.05, 0.1) is 89.0 Å². The van der Waals surface area contributed by atoms with E-state index in [-0.39, 0.29) is 66.1 Å². The molecule has 30 heteroatoms. The van der Waals surface area contributed by atoms with Crippen molar-refractivity contribution in [3.05, 3.63) is 0 Å². The maximum atomic E-state index is 14.8. The number of nitrogens with one attached hydrogen (secondary N) is 3. The number of carbonyl (C=O) groups is 8. The van der Waals surface area contributed by atoms with Crippen LogP contribution in [0.1, 0.15) is 111 Å². The van der Waals surface area contributed by atoms with Gasteiger partial charge in [-0.05, 0) is 111 Å². The van der Waals surface area contributed by atoms with Gasteiger partial charge < -0.3 is 83.4 Å². The quantitative estimate of drug-likeness (QED) is 0.0158. The summed E-state index contributed by atoms with van der Waals surface area (Å²) in [6, 6.07) is 0. The first kappa shape index (κ1) is 83.8. The van der Waals surface area contributed by atoms with Crippen molar-refractivity contribution in [2.75, 3.05) is 132 Å². The number of ether oxygens (including phenoxy) is 11. The molecule has 86 heavy (non-hydrogen) atoms. The number of rotatable bonds is 44. The van der Waals surface area contributed by atoms with Crippen molar-refractivity contribution in [3.8, 4) is 0 Å². The second-order valence-corrected chi connectivity index (χ2v) is 35.3. The fourth-order valence-corrected chi connectivity index (χ4v) is 6.72. The van der Waals surface area contributed by atoms with Crippen molar-refractivity contribution in [1.29, 1.82) is 0 Å². The third-order valence-corrected chi connectivity index (χ3v) is 13.9. The maximum absolute atomic E-state index is 14.8. The molecule has 0 radical (unpaired) electrons. The van der Waals surface area contributed by atoms with E-state index in [1.165, 1.54) is 62.3 Å². The van der Waals surface area contributed by atoms with Crippen LogP contribution in [0.3, 0.4) is 0 Å². The van der Waals surface area contributed by atoms with Crippen molar-refractivity contribution in [1.82, 2.24) is 16.0 Å². The van der Waals surface area contributed by atoms with Gasteiger partial charge in [0.15, 0.2) is 6.29 Å². The number of amides is 3. The summed E-state index contributed by atoms with van der Waals surface area (Å²) in [5.41, 5.74) is -7.94. The number of esters is 5. The largest absolute Gasteiger partial charge is 0.464 e. The van der Waals surface area contributed by atoms with Gasteiger partial charge in [-0.25, -0.2) is 0 Å². The van der Waals surface area contributed by atoms with Gasteiger partial charge >= 0.3 is 29.8 Å². The Morgan fingerprint density at radius 1 is 0.384 bits per heavy atom. The van der Waals surface area contributed by atoms with Crippen LogP contribution in [0.2, 0.25) is 0 Å². The highest BCUT2D eigenvalue weighted by Gasteiger charge is 2.46. The van der Waals surface area contributed by atoms with Gasteiger partial charge in [-0.2, -0.15) is 0 Å². The third-order valence-electron chi connectivity index (χ3n) is 12.2. The van der Waals surface area contributed by atoms with E-state index in [0.29, 0.717) is 0 Å². The topological polar surface area (TPSA) is 335 Å². The van der Waals surface area contributed by atoms with Crippen LogP contribution in [0.4, 0.5) is 0 Å². The van der Waals surface area contributed by atoms with Crippen LogP contribution in [0.15, 0.2) is 0 Å². The average Bonchev–Trinajstić information content (AvgIpc) is 3.43. The second kappa shape index (κ2) is 37.3. The first-order valence-corrected chi connectivity index (χ1v) is 31.7. The van der Waals surface area contributed by atoms with Crippen molar-refractivity contribution < 1.29 is 106 Å². The van der Waals surface area contributed by atoms with E-state index in [1.54, 1.807) is 48.5 Å². The van der Waals surface area contributed by atoms with Crippen LogP contribution < -0.4 is 16.0 Å². The van der Waals surface area contributed by atoms with Crippen molar-refractivity contribution in [2.24, 2.45) is 27.1 Å². The average molecular weight is 1560 g/mol. The van der Waals surface area contributed by atoms with Gasteiger partial charge in [-0.15, -0.1) is 0 Å². The Balaban J connectivity index is 7.71. The van der Waals surface area contributed by atoms with E-state index in [0.717, 1.165) is 0 Å². The van der Waals surface area contributed by atoms with Gasteiger partial charge in [0.2, 0.25) is 17.7 Å². The van der Waals surface area contributed by atoms with Crippen LogP contribution in [-0.2, 0) is 90.5 Å². The molecule has 0 aromatic heterocycles. The number of aliphatic hydroxyl groups is 3. The number of hydrogen-bond acceptors (Lipinski definition) is 22. The van der Waals surface area contributed by atoms with Crippen molar-refractivity contribution >= 4 is 127 Å². The normalized spacial score (nSPS) is 15.6. The van der Waals surface area contributed by atoms with Gasteiger partial charge in [-0.1, -0.05) is 79.6 Å². The molecule has 0 saturated heterocycles. The monoisotopic (exact) mass is 1560 g/mol. The molecule has 0 spiro atoms. The lowest BCUT2D eigenvalue weighted by atomic mass is 9.84. The lowest BCUT2D eigenvalue weighted by Crippen LogP contribution is -2.59. The van der Waals surface area contributed by atoms with Crippen LogP contribution in [0.25, 0.3) is 0 Å². The molecule has 0 fully saturated rings. The second-order valence-electron chi connectivity index (χ2n) is 25.3. The highest BCUT2D eigenvalue weighted by molar-refractivity contribution is 9.11. The fraction of sp³-hybridized carbons (Fsp3) is 0.857. The fourth-order valence-electron chi connectivity index (χ4n) is 6.13. The summed E-state index contributed by atoms with van der Waals surface area (Å²) in [6.07, 6.45) is -2.45. The molecule has 6 N–H and O–H groups in total. The van der Waals surface area contributed by atoms with Crippen molar-refractivity contribution in [2.45, 2.75) is 145 Å². The van der Waals surface area contributed by atoms with Crippen LogP contribution >= 0.6 is 79.6 Å². The Bertz CT molecular complexity index is 2010. The summed E-state index contributed by atoms with van der Waals surface area (Å²) in [5.74, 6) is -6.06. The molecule has 0 rings (SSSR count). The summed E-state index contributed by atoms with van der Waals surface area (Å²) < 4.78 is 56.4. The Labute approximate surface area is 549 Å². The lowest BCUT2D eigenvalue weighted by Gasteiger charge is -2.38. The highest BCUT2D eigenvalue weighted by atomic mass is 79.9. The first-order valence-electron chi connectivity index (χ1n) is 27.7. The van der Waals surface area contributed by atoms with Gasteiger partial charge in [-0.3, -0.25) is 38.4 Å². The summed E-state index contributed by atoms with van der Waals surface area (Å²) in [5, 5.41) is 37.8. The molecule has 0 aliphatic carbocycles. The Morgan fingerprint density at radius 3 is 0.919 bits per heavy atom. The molecule has 502 valence electrons. The molecule has 0 aliphatic rings. The minimum absolute atomic E-state index is 0.00978. The molecular weight excluding hydrogens is 1470 g/mol. The molecule has 0 saturated carbocycles. The summed E-state index contributed by atoms with van der Waals surface area (Å²) >= 11 is 16.4. The van der Waals surface area contributed by atoms with Crippen LogP contribution in [0.5, 0.6) is 0 Å². The third kappa shape index (κ3) is 33.2. The first-order chi connectivity index (χ1) is 39.1. The minimum atomic E-state index is -1.79. The Hall–Kier alpha value is -2.20. The SMILES string of the molecule is CC(C)(C)C(=O)OCC(C)(COC(=O)C(C)(C)Br)C(=O)NCC(CNC(=O)C(C)(COC(=O)C(C)(C)Br)COC(=O)C(C)(C)Br)(CNC(=O)C(C)(COC(=O)C(C)(C)Br)COC(O)C(C)(C)Br)COCCOCCOCCOCCOCC(O)CO. The zero-order chi connectivity index (χ0) is 66.8. The van der Waals surface area contributed by atoms with Gasteiger partial charge in [0.1, 0.15) is 72.7 Å². The number of aliphatic hydroxyl groups excluding tert-OH is 3. The van der Waals surface area contributed by atoms with Gasteiger partial charge in [0.25, 0.3) is 0 Å². The molecule has 5 atom stereocenters. The number of carbonyl (C=O) groups excluding carboxylic acids is 8. The van der Waals surface area contributed by atoms with E-state index in [2.05, 4.69) is 95.6 Å². The van der Waals surface area contributed by atoms with Crippen LogP contribution in [-0.4, -0.2) is 229 Å². The van der Waals surface area contributed by atoms with E-state index >= 15 is 0 Å². The molecule has 0 aromatic carbocycles. The van der Waals surface area contributed by atoms with E-state index in [1.807, 2.05) is 0 Å². The van der Waals surface area contributed by atoms with E-state index in [4.69, 9.17) is 57.2 Å². The highest BCUT2D eigenvalue weighted by Crippen LogP contribution is 2.31. The molecule has 0 aliphatic heterocycles. The summed E-state index contributed by atoms with van der Waals surface area (Å²) in [6.45, 7) is 20.0. The Morgan fingerprint density at radius 2 is 0.651 bits per heavy atom. The standard InChI is InChI=1S/C56H96Br5N3O22/c1-47(2,3)41(70)81-30-53(14,31-82-42(71)48(4,5)57)38(67)62-27-56(36-80-24-22-78-20-18-76-17-19-77-21-23-79-26-37(66)25-65,28-63-39(68)54(15,32-83-43(72)49(6,7)58)33-84-44(73)50(8,9)59)29-64-40(69)55(16,34-85-45(74)51(10,11)60)35-86-46(75)52(12,13)61/h37,43,65-66,72H,17-36H2,1-16H3,(H,62,67)(H,63,68)(H,64,69). The maximum Gasteiger partial charge on any atom is 0.322 e. The van der Waals surface area contributed by atoms with E-state index < -0.39 is 175 Å². The number of halogens is 5. The smallest absolute Gasteiger partial charge is 0.322 e. The molecule has 0 bridgehead atoms. The zero-order valence-electron chi connectivity index (χ0n) is 52.8. The predicted octanol–water partition coefficient (Wildman–Crippen LogP) is 4.74. The molecule has 5 unspecified atom stereocenters. The zero-order valence-corrected chi connectivity index (χ0v) is 60.7. The number of hydrogen-bond donors (Lipinski definition) is 6. The summed E-state index contributed by atoms with van der Waals surface area (Å²) in [4.78, 5) is 110. The predicted molar refractivity (Wildman–Crippen MR) is 334 cm³/mol. The molecule has 3 amide bonds. The molecule has 25 nitrogen and oxygen atoms in total. The lowest BCUT2D eigenvalue weighted by molar-refractivity contribution is -0.168. The Kier molecular flexibility index (Phi) is 36.4. The molecular formula is C56H96Br5N3O22. The molecule has 0 heterocycles. The number of alkyl halides is 5. The minimum Gasteiger partial charge on any atom is -0.464 e. The van der Waals surface area contributed by atoms with Crippen molar-refractivity contribution in [3.63, 3.8) is 0 Å². The van der Waals surface area contributed by atoms with Gasteiger partial charge in [0, 0.05) is 25.0 Å². The van der Waals surface area contributed by atoms with Crippen LogP contribution in [0, 0.1) is 27.1 Å². The van der Waals surface area contributed by atoms with E-state index in [9.17, 15) is 48.6 Å². The molecule has 0 aromatic rings.